The zero-order valence-electron chi connectivity index (χ0n) is 7.02. The second kappa shape index (κ2) is 2.88. The lowest BCUT2D eigenvalue weighted by molar-refractivity contribution is -0.0501. The molecule has 0 aliphatic carbocycles. The van der Waals surface area contributed by atoms with Crippen molar-refractivity contribution in [3.05, 3.63) is 22.4 Å². The van der Waals surface area contributed by atoms with Crippen LogP contribution in [0.3, 0.4) is 0 Å². The molecule has 2 rings (SSSR count). The van der Waals surface area contributed by atoms with Crippen LogP contribution >= 0.6 is 11.3 Å². The van der Waals surface area contributed by atoms with Gasteiger partial charge in [-0.1, -0.05) is 6.07 Å². The second-order valence-electron chi connectivity index (χ2n) is 2.68. The van der Waals surface area contributed by atoms with Gasteiger partial charge < -0.3 is 4.84 Å². The Hall–Kier alpha value is -0.870. The SMILES string of the molecule is CC1N=C(c2cccs2)ON1C. The monoisotopic (exact) mass is 182 g/mol. The van der Waals surface area contributed by atoms with Crippen LogP contribution in [0, 0.1) is 0 Å². The topological polar surface area (TPSA) is 24.8 Å². The summed E-state index contributed by atoms with van der Waals surface area (Å²) in [5.41, 5.74) is 0. The Balaban J connectivity index is 2.23. The fourth-order valence-electron chi connectivity index (χ4n) is 0.996. The van der Waals surface area contributed by atoms with E-state index in [1.807, 2.05) is 31.5 Å². The van der Waals surface area contributed by atoms with Gasteiger partial charge in [-0.15, -0.1) is 16.4 Å². The second-order valence-corrected chi connectivity index (χ2v) is 3.63. The summed E-state index contributed by atoms with van der Waals surface area (Å²) in [4.78, 5) is 10.8. The molecule has 64 valence electrons. The molecule has 0 saturated carbocycles. The van der Waals surface area contributed by atoms with Gasteiger partial charge in [-0.2, -0.15) is 0 Å². The van der Waals surface area contributed by atoms with Crippen LogP contribution < -0.4 is 0 Å². The van der Waals surface area contributed by atoms with Crippen molar-refractivity contribution in [1.29, 1.82) is 0 Å². The van der Waals surface area contributed by atoms with Crippen LogP contribution in [0.15, 0.2) is 22.5 Å². The van der Waals surface area contributed by atoms with Gasteiger partial charge in [0.25, 0.3) is 5.90 Å². The molecule has 0 N–H and O–H groups in total. The van der Waals surface area contributed by atoms with Crippen molar-refractivity contribution in [3.63, 3.8) is 0 Å². The molecule has 0 radical (unpaired) electrons. The van der Waals surface area contributed by atoms with Gasteiger partial charge in [0.2, 0.25) is 0 Å². The molecule has 1 atom stereocenters. The van der Waals surface area contributed by atoms with E-state index < -0.39 is 0 Å². The smallest absolute Gasteiger partial charge is 0.252 e. The van der Waals surface area contributed by atoms with Crippen molar-refractivity contribution >= 4 is 17.2 Å². The van der Waals surface area contributed by atoms with Crippen molar-refractivity contribution in [2.24, 2.45) is 4.99 Å². The predicted molar refractivity (Wildman–Crippen MR) is 49.2 cm³/mol. The lowest BCUT2D eigenvalue weighted by atomic mass is 10.5. The van der Waals surface area contributed by atoms with E-state index in [0.717, 1.165) is 10.8 Å². The minimum atomic E-state index is 0.127. The van der Waals surface area contributed by atoms with Crippen molar-refractivity contribution in [3.8, 4) is 0 Å². The highest BCUT2D eigenvalue weighted by Crippen LogP contribution is 2.18. The maximum Gasteiger partial charge on any atom is 0.252 e. The molecule has 1 aliphatic heterocycles. The first-order chi connectivity index (χ1) is 5.77. The number of rotatable bonds is 1. The quantitative estimate of drug-likeness (QED) is 0.660. The molecular weight excluding hydrogens is 172 g/mol. The number of hydrogen-bond donors (Lipinski definition) is 0. The Bertz CT molecular complexity index is 294. The molecule has 0 fully saturated rings. The van der Waals surface area contributed by atoms with E-state index in [2.05, 4.69) is 4.99 Å². The normalized spacial score (nSPS) is 23.8. The van der Waals surface area contributed by atoms with Crippen LogP contribution in [0.4, 0.5) is 0 Å². The maximum atomic E-state index is 5.41. The average molecular weight is 182 g/mol. The summed E-state index contributed by atoms with van der Waals surface area (Å²) in [6, 6.07) is 4.00. The molecule has 0 spiro atoms. The van der Waals surface area contributed by atoms with E-state index in [1.54, 1.807) is 16.4 Å². The molecule has 0 bridgehead atoms. The molecule has 1 aromatic heterocycles. The summed E-state index contributed by atoms with van der Waals surface area (Å²) in [5.74, 6) is 0.736. The standard InChI is InChI=1S/C8H10N2OS/c1-6-9-8(11-10(6)2)7-4-3-5-12-7/h3-6H,1-2H3. The molecule has 1 unspecified atom stereocenters. The Morgan fingerprint density at radius 2 is 2.50 bits per heavy atom. The minimum absolute atomic E-state index is 0.127. The van der Waals surface area contributed by atoms with Gasteiger partial charge >= 0.3 is 0 Å². The molecule has 2 heterocycles. The molecular formula is C8H10N2OS. The van der Waals surface area contributed by atoms with E-state index in [4.69, 9.17) is 4.84 Å². The van der Waals surface area contributed by atoms with E-state index in [0.29, 0.717) is 0 Å². The first kappa shape index (κ1) is 7.76. The van der Waals surface area contributed by atoms with E-state index in [9.17, 15) is 0 Å². The summed E-state index contributed by atoms with van der Waals surface area (Å²) < 4.78 is 0. The first-order valence-corrected chi connectivity index (χ1v) is 4.68. The lowest BCUT2D eigenvalue weighted by Crippen LogP contribution is -2.21. The molecule has 0 saturated heterocycles. The first-order valence-electron chi connectivity index (χ1n) is 3.80. The maximum absolute atomic E-state index is 5.41. The molecule has 1 aliphatic rings. The van der Waals surface area contributed by atoms with Gasteiger partial charge in [-0.05, 0) is 18.4 Å². The Morgan fingerprint density at radius 1 is 1.67 bits per heavy atom. The predicted octanol–water partition coefficient (Wildman–Crippen LogP) is 1.72. The zero-order chi connectivity index (χ0) is 8.55. The van der Waals surface area contributed by atoms with Crippen LogP contribution in [0.1, 0.15) is 11.8 Å². The molecule has 4 heteroatoms. The van der Waals surface area contributed by atoms with Crippen molar-refractivity contribution in [1.82, 2.24) is 5.06 Å². The highest BCUT2D eigenvalue weighted by molar-refractivity contribution is 7.12. The van der Waals surface area contributed by atoms with Gasteiger partial charge in [-0.3, -0.25) is 0 Å². The third kappa shape index (κ3) is 1.23. The van der Waals surface area contributed by atoms with Gasteiger partial charge in [0, 0.05) is 7.05 Å². The van der Waals surface area contributed by atoms with Crippen molar-refractivity contribution in [2.45, 2.75) is 13.1 Å². The number of hydroxylamine groups is 2. The molecule has 1 aromatic rings. The molecule has 3 nitrogen and oxygen atoms in total. The van der Waals surface area contributed by atoms with E-state index >= 15 is 0 Å². The summed E-state index contributed by atoms with van der Waals surface area (Å²) in [5, 5.41) is 3.76. The number of thiophene rings is 1. The van der Waals surface area contributed by atoms with Crippen molar-refractivity contribution < 1.29 is 4.84 Å². The fraction of sp³-hybridized carbons (Fsp3) is 0.375. The average Bonchev–Trinajstić information content (AvgIpc) is 2.61. The van der Waals surface area contributed by atoms with E-state index in [-0.39, 0.29) is 6.17 Å². The number of aliphatic imine (C=N–C) groups is 1. The number of hydrogen-bond acceptors (Lipinski definition) is 4. The summed E-state index contributed by atoms with van der Waals surface area (Å²) >= 11 is 1.64. The highest BCUT2D eigenvalue weighted by atomic mass is 32.1. The summed E-state index contributed by atoms with van der Waals surface area (Å²) in [6.45, 7) is 2.00. The van der Waals surface area contributed by atoms with Gasteiger partial charge in [-0.25, -0.2) is 4.99 Å². The van der Waals surface area contributed by atoms with Crippen molar-refractivity contribution in [2.75, 3.05) is 7.05 Å². The van der Waals surface area contributed by atoms with Gasteiger partial charge in [0.05, 0.1) is 4.88 Å². The van der Waals surface area contributed by atoms with Crippen LogP contribution in [0.2, 0.25) is 0 Å². The Labute approximate surface area is 75.2 Å². The largest absolute Gasteiger partial charge is 0.383 e. The van der Waals surface area contributed by atoms with Crippen LogP contribution in [0.5, 0.6) is 0 Å². The van der Waals surface area contributed by atoms with Crippen LogP contribution in [0.25, 0.3) is 0 Å². The molecule has 0 aromatic carbocycles. The summed E-state index contributed by atoms with van der Waals surface area (Å²) in [6.07, 6.45) is 0.127. The third-order valence-corrected chi connectivity index (χ3v) is 2.65. The molecule has 0 amide bonds. The van der Waals surface area contributed by atoms with Gasteiger partial charge in [0.15, 0.2) is 0 Å². The summed E-state index contributed by atoms with van der Waals surface area (Å²) in [7, 11) is 1.88. The zero-order valence-corrected chi connectivity index (χ0v) is 7.84. The van der Waals surface area contributed by atoms with Crippen LogP contribution in [-0.2, 0) is 4.84 Å². The number of nitrogens with zero attached hydrogens (tertiary/aromatic N) is 2. The van der Waals surface area contributed by atoms with Gasteiger partial charge in [0.1, 0.15) is 6.17 Å². The minimum Gasteiger partial charge on any atom is -0.383 e. The Kier molecular flexibility index (Phi) is 1.86. The van der Waals surface area contributed by atoms with E-state index in [1.165, 1.54) is 0 Å². The highest BCUT2D eigenvalue weighted by Gasteiger charge is 2.22. The van der Waals surface area contributed by atoms with Crippen LogP contribution in [-0.4, -0.2) is 24.2 Å². The Morgan fingerprint density at radius 3 is 3.00 bits per heavy atom. The third-order valence-electron chi connectivity index (χ3n) is 1.79. The molecule has 12 heavy (non-hydrogen) atoms. The lowest BCUT2D eigenvalue weighted by Gasteiger charge is -2.10. The fourth-order valence-corrected chi connectivity index (χ4v) is 1.65.